The quantitative estimate of drug-likeness (QED) is 0.227. The van der Waals surface area contributed by atoms with Crippen LogP contribution in [0.15, 0.2) is 23.6 Å². The van der Waals surface area contributed by atoms with Gasteiger partial charge in [0.05, 0.1) is 33.9 Å². The summed E-state index contributed by atoms with van der Waals surface area (Å²) in [5.41, 5.74) is -2.88. The van der Waals surface area contributed by atoms with Gasteiger partial charge in [0.2, 0.25) is 0 Å². The fraction of sp³-hybridized carbons (Fsp3) is 0.400. The third-order valence-corrected chi connectivity index (χ3v) is 7.16. The van der Waals surface area contributed by atoms with Gasteiger partial charge in [0.1, 0.15) is 28.6 Å². The highest BCUT2D eigenvalue weighted by atomic mass is 32.1. The van der Waals surface area contributed by atoms with Gasteiger partial charge in [0, 0.05) is 5.56 Å². The Bertz CT molecular complexity index is 1780. The number of halogens is 3. The van der Waals surface area contributed by atoms with Gasteiger partial charge in [-0.15, -0.1) is 11.3 Å². The summed E-state index contributed by atoms with van der Waals surface area (Å²) in [5.74, 6) is -0.0887. The van der Waals surface area contributed by atoms with Crippen molar-refractivity contribution in [2.75, 3.05) is 12.0 Å². The number of carbonyl (C=O) groups excluding carboxylic acids is 2. The van der Waals surface area contributed by atoms with Crippen LogP contribution in [0.3, 0.4) is 0 Å². The van der Waals surface area contributed by atoms with Gasteiger partial charge >= 0.3 is 18.4 Å². The number of benzene rings is 1. The summed E-state index contributed by atoms with van der Waals surface area (Å²) in [4.78, 5) is 32.0. The highest BCUT2D eigenvalue weighted by Crippen LogP contribution is 2.47. The van der Waals surface area contributed by atoms with E-state index in [0.29, 0.717) is 32.2 Å². The van der Waals surface area contributed by atoms with Crippen LogP contribution in [0.2, 0.25) is 0 Å². The summed E-state index contributed by atoms with van der Waals surface area (Å²) < 4.78 is 62.2. The summed E-state index contributed by atoms with van der Waals surface area (Å²) in [6.07, 6.45) is -7.49. The maximum atomic E-state index is 14.7. The fourth-order valence-electron chi connectivity index (χ4n) is 4.73. The molecular formula is C30H31F3N4O5S. The molecule has 0 fully saturated rings. The molecule has 2 amide bonds. The lowest BCUT2D eigenvalue weighted by atomic mass is 10.1. The number of nitrogens with zero attached hydrogens (tertiary/aromatic N) is 4. The number of aromatic nitrogens is 2. The zero-order chi connectivity index (χ0) is 32.2. The molecule has 0 N–H and O–H groups in total. The van der Waals surface area contributed by atoms with Crippen molar-refractivity contribution in [1.82, 2.24) is 9.55 Å². The number of anilines is 1. The van der Waals surface area contributed by atoms with Crippen molar-refractivity contribution in [2.24, 2.45) is 0 Å². The van der Waals surface area contributed by atoms with Crippen molar-refractivity contribution in [1.29, 1.82) is 5.26 Å². The van der Waals surface area contributed by atoms with Crippen molar-refractivity contribution in [2.45, 2.75) is 72.8 Å². The minimum Gasteiger partial charge on any atom is -0.496 e. The summed E-state index contributed by atoms with van der Waals surface area (Å²) in [6, 6.07) is 6.64. The molecule has 0 bridgehead atoms. The van der Waals surface area contributed by atoms with E-state index >= 15 is 0 Å². The molecule has 1 aromatic carbocycles. The molecule has 4 aromatic rings. The molecule has 9 nitrogen and oxygen atoms in total. The van der Waals surface area contributed by atoms with Gasteiger partial charge in [0.25, 0.3) is 0 Å². The summed E-state index contributed by atoms with van der Waals surface area (Å²) in [6.45, 7) is 12.8. The molecule has 0 aliphatic heterocycles. The van der Waals surface area contributed by atoms with Gasteiger partial charge in [0.15, 0.2) is 11.5 Å². The SMILES string of the molecule is COc1ccc(C)c(-n2c(N(C(=O)OC(C)(C)C)C(=O)OC(C)(C)C)c(C#N)c3c(C(F)(F)F)nc4ccsc4c32)c1C. The first-order valence-corrected chi connectivity index (χ1v) is 14.0. The van der Waals surface area contributed by atoms with E-state index in [1.807, 2.05) is 6.07 Å². The van der Waals surface area contributed by atoms with Gasteiger partial charge in [-0.3, -0.25) is 4.57 Å². The molecule has 0 aliphatic rings. The molecule has 3 heterocycles. The Kier molecular flexibility index (Phi) is 7.91. The maximum Gasteiger partial charge on any atom is 0.434 e. The lowest BCUT2D eigenvalue weighted by Gasteiger charge is -2.30. The van der Waals surface area contributed by atoms with Gasteiger partial charge in [-0.2, -0.15) is 23.3 Å². The van der Waals surface area contributed by atoms with Crippen LogP contribution in [0.1, 0.15) is 63.9 Å². The largest absolute Gasteiger partial charge is 0.496 e. The molecule has 0 atom stereocenters. The zero-order valence-corrected chi connectivity index (χ0v) is 26.0. The van der Waals surface area contributed by atoms with Crippen LogP contribution in [-0.2, 0) is 15.7 Å². The Morgan fingerprint density at radius 3 is 2.07 bits per heavy atom. The minimum atomic E-state index is -5.00. The number of ether oxygens (including phenoxy) is 3. The number of hydrogen-bond acceptors (Lipinski definition) is 8. The Labute approximate surface area is 250 Å². The van der Waals surface area contributed by atoms with E-state index in [2.05, 4.69) is 4.98 Å². The first-order valence-electron chi connectivity index (χ1n) is 13.1. The average molecular weight is 617 g/mol. The number of amides is 2. The van der Waals surface area contributed by atoms with E-state index in [4.69, 9.17) is 14.2 Å². The Morgan fingerprint density at radius 1 is 1.00 bits per heavy atom. The molecule has 13 heteroatoms. The Hall–Kier alpha value is -4.31. The minimum absolute atomic E-state index is 0.0268. The van der Waals surface area contributed by atoms with Crippen molar-refractivity contribution in [3.8, 4) is 17.5 Å². The third-order valence-electron chi connectivity index (χ3n) is 6.25. The number of aryl methyl sites for hydroxylation is 1. The second-order valence-corrected chi connectivity index (χ2v) is 12.7. The van der Waals surface area contributed by atoms with Gasteiger partial charge in [-0.25, -0.2) is 14.6 Å². The highest BCUT2D eigenvalue weighted by molar-refractivity contribution is 7.18. The van der Waals surface area contributed by atoms with Crippen molar-refractivity contribution < 1.29 is 37.0 Å². The molecule has 0 unspecified atom stereocenters. The zero-order valence-electron chi connectivity index (χ0n) is 25.2. The number of rotatable bonds is 3. The number of hydrogen-bond donors (Lipinski definition) is 0. The third kappa shape index (κ3) is 5.84. The van der Waals surface area contributed by atoms with Crippen LogP contribution in [0.25, 0.3) is 26.8 Å². The number of carbonyl (C=O) groups is 2. The van der Waals surface area contributed by atoms with Crippen molar-refractivity contribution in [3.63, 3.8) is 0 Å². The van der Waals surface area contributed by atoms with Gasteiger partial charge < -0.3 is 14.2 Å². The maximum absolute atomic E-state index is 14.7. The second-order valence-electron chi connectivity index (χ2n) is 11.8. The lowest BCUT2D eigenvalue weighted by molar-refractivity contribution is -0.139. The standard InChI is InChI=1S/C30H31F3N4O5S/c1-15-10-11-19(40-9)16(2)21(15)36-22-20(24(30(31,32)33)35-18-12-13-43-23(18)22)17(14-34)25(36)37(26(38)41-28(3,4)5)27(39)42-29(6,7)8/h10-13H,1-9H3. The van der Waals surface area contributed by atoms with Gasteiger partial charge in [-0.1, -0.05) is 6.07 Å². The molecule has 0 aliphatic carbocycles. The Morgan fingerprint density at radius 2 is 1.58 bits per heavy atom. The van der Waals surface area contributed by atoms with E-state index in [-0.39, 0.29) is 11.0 Å². The highest BCUT2D eigenvalue weighted by Gasteiger charge is 2.43. The predicted molar refractivity (Wildman–Crippen MR) is 157 cm³/mol. The first-order chi connectivity index (χ1) is 19.8. The molecule has 0 spiro atoms. The smallest absolute Gasteiger partial charge is 0.434 e. The molecular weight excluding hydrogens is 585 g/mol. The molecule has 0 saturated carbocycles. The van der Waals surface area contributed by atoms with Crippen LogP contribution in [-0.4, -0.2) is 40.0 Å². The van der Waals surface area contributed by atoms with E-state index in [1.54, 1.807) is 72.9 Å². The number of pyridine rings is 1. The number of nitriles is 1. The molecule has 228 valence electrons. The number of alkyl halides is 3. The Balaban J connectivity index is 2.35. The normalized spacial score (nSPS) is 12.3. The average Bonchev–Trinajstić information content (AvgIpc) is 3.44. The fourth-order valence-corrected chi connectivity index (χ4v) is 5.61. The summed E-state index contributed by atoms with van der Waals surface area (Å²) in [7, 11) is 1.44. The summed E-state index contributed by atoms with van der Waals surface area (Å²) >= 11 is 1.11. The molecule has 0 radical (unpaired) electrons. The van der Waals surface area contributed by atoms with Crippen LogP contribution >= 0.6 is 11.3 Å². The first kappa shape index (κ1) is 31.6. The number of fused-ring (bicyclic) bond motifs is 3. The number of thiophene rings is 1. The lowest BCUT2D eigenvalue weighted by Crippen LogP contribution is -2.45. The second kappa shape index (κ2) is 10.8. The van der Waals surface area contributed by atoms with E-state index in [9.17, 15) is 28.0 Å². The number of imide groups is 1. The molecule has 0 saturated heterocycles. The van der Waals surface area contributed by atoms with Gasteiger partial charge in [-0.05, 0) is 78.5 Å². The topological polar surface area (TPSA) is 107 Å². The molecule has 4 rings (SSSR count). The van der Waals surface area contributed by atoms with Crippen LogP contribution in [0.5, 0.6) is 5.75 Å². The van der Waals surface area contributed by atoms with Crippen LogP contribution in [0, 0.1) is 25.2 Å². The molecule has 43 heavy (non-hydrogen) atoms. The van der Waals surface area contributed by atoms with E-state index < -0.39 is 52.0 Å². The monoisotopic (exact) mass is 616 g/mol. The van der Waals surface area contributed by atoms with E-state index in [0.717, 1.165) is 11.3 Å². The summed E-state index contributed by atoms with van der Waals surface area (Å²) in [5, 5.41) is 11.5. The van der Waals surface area contributed by atoms with Crippen LogP contribution in [0.4, 0.5) is 28.6 Å². The van der Waals surface area contributed by atoms with Crippen LogP contribution < -0.4 is 9.64 Å². The number of methoxy groups -OCH3 is 1. The van der Waals surface area contributed by atoms with E-state index in [1.165, 1.54) is 17.7 Å². The van der Waals surface area contributed by atoms with Crippen molar-refractivity contribution >= 4 is 50.5 Å². The van der Waals surface area contributed by atoms with Crippen molar-refractivity contribution in [3.05, 3.63) is 46.0 Å². The predicted octanol–water partition coefficient (Wildman–Crippen LogP) is 8.43. The molecule has 3 aromatic heterocycles.